The van der Waals surface area contributed by atoms with Gasteiger partial charge in [-0.15, -0.1) is 0 Å². The van der Waals surface area contributed by atoms with Gasteiger partial charge in [0.2, 0.25) is 0 Å². The Kier molecular flexibility index (Phi) is 5.83. The molecule has 0 aliphatic carbocycles. The number of carbonyl (C=O) groups excluding carboxylic acids is 1. The van der Waals surface area contributed by atoms with Crippen LogP contribution in [0.15, 0.2) is 24.3 Å². The van der Waals surface area contributed by atoms with Crippen LogP contribution in [0.2, 0.25) is 0 Å². The van der Waals surface area contributed by atoms with Gasteiger partial charge in [-0.2, -0.15) is 0 Å². The zero-order valence-corrected chi connectivity index (χ0v) is 11.8. The second-order valence-electron chi connectivity index (χ2n) is 4.76. The van der Waals surface area contributed by atoms with Crippen LogP contribution in [0.25, 0.3) is 0 Å². The summed E-state index contributed by atoms with van der Waals surface area (Å²) in [5.41, 5.74) is 13.0. The minimum atomic E-state index is -0.599. The summed E-state index contributed by atoms with van der Waals surface area (Å²) in [5.74, 6) is -0.200. The first-order chi connectivity index (χ1) is 9.09. The molecule has 0 bridgehead atoms. The summed E-state index contributed by atoms with van der Waals surface area (Å²) in [4.78, 5) is 12.1. The normalized spacial score (nSPS) is 13.8. The summed E-state index contributed by atoms with van der Waals surface area (Å²) in [5, 5.41) is 0. The van der Waals surface area contributed by atoms with Gasteiger partial charge in [0.15, 0.2) is 0 Å². The summed E-state index contributed by atoms with van der Waals surface area (Å²) in [6, 6.07) is 7.71. The smallest absolute Gasteiger partial charge is 0.313 e. The Bertz CT molecular complexity index is 414. The van der Waals surface area contributed by atoms with E-state index in [1.165, 1.54) is 0 Å². The number of esters is 1. The summed E-state index contributed by atoms with van der Waals surface area (Å²) in [6.45, 7) is 4.46. The van der Waals surface area contributed by atoms with Crippen molar-refractivity contribution < 1.29 is 9.53 Å². The fourth-order valence-electron chi connectivity index (χ4n) is 2.17. The third-order valence-corrected chi connectivity index (χ3v) is 3.70. The van der Waals surface area contributed by atoms with Crippen LogP contribution in [-0.2, 0) is 16.0 Å². The Morgan fingerprint density at radius 1 is 1.32 bits per heavy atom. The van der Waals surface area contributed by atoms with E-state index in [1.54, 1.807) is 0 Å². The maximum absolute atomic E-state index is 12.1. The van der Waals surface area contributed by atoms with Gasteiger partial charge in [0.1, 0.15) is 0 Å². The number of benzene rings is 1. The van der Waals surface area contributed by atoms with Crippen molar-refractivity contribution >= 4 is 11.7 Å². The molecule has 19 heavy (non-hydrogen) atoms. The molecule has 1 rings (SSSR count). The van der Waals surface area contributed by atoms with Crippen LogP contribution < -0.4 is 11.5 Å². The second kappa shape index (κ2) is 7.14. The number of ether oxygens (including phenoxy) is 1. The van der Waals surface area contributed by atoms with E-state index in [2.05, 4.69) is 0 Å². The number of carbonyl (C=O) groups is 1. The van der Waals surface area contributed by atoms with Crippen molar-refractivity contribution in [3.63, 3.8) is 0 Å². The molecule has 1 atom stereocenters. The molecule has 0 spiro atoms. The van der Waals surface area contributed by atoms with E-state index >= 15 is 0 Å². The Morgan fingerprint density at radius 3 is 2.53 bits per heavy atom. The largest absolute Gasteiger partial charge is 0.466 e. The molecule has 0 aromatic heterocycles. The number of para-hydroxylation sites is 1. The Morgan fingerprint density at radius 2 is 2.00 bits per heavy atom. The van der Waals surface area contributed by atoms with E-state index in [4.69, 9.17) is 16.2 Å². The number of nitrogen functional groups attached to an aromatic ring is 1. The average molecular weight is 264 g/mol. The highest BCUT2D eigenvalue weighted by Crippen LogP contribution is 2.30. The molecule has 1 unspecified atom stereocenters. The standard InChI is InChI=1S/C15H24N2O2/c1-3-15(11-16,14(18)19-4-2)10-9-12-7-5-6-8-13(12)17/h5-8H,3-4,9-11,16-17H2,1-2H3. The van der Waals surface area contributed by atoms with E-state index in [0.717, 1.165) is 17.7 Å². The molecular weight excluding hydrogens is 240 g/mol. The minimum Gasteiger partial charge on any atom is -0.466 e. The van der Waals surface area contributed by atoms with Crippen molar-refractivity contribution in [2.45, 2.75) is 33.1 Å². The fraction of sp³-hybridized carbons (Fsp3) is 0.533. The lowest BCUT2D eigenvalue weighted by Crippen LogP contribution is -2.40. The number of anilines is 1. The van der Waals surface area contributed by atoms with Crippen LogP contribution in [0.4, 0.5) is 5.69 Å². The molecule has 0 saturated carbocycles. The number of rotatable bonds is 7. The molecule has 0 radical (unpaired) electrons. The van der Waals surface area contributed by atoms with Gasteiger partial charge in [0, 0.05) is 12.2 Å². The molecule has 0 amide bonds. The van der Waals surface area contributed by atoms with Gasteiger partial charge in [0.05, 0.1) is 12.0 Å². The maximum atomic E-state index is 12.1. The van der Waals surface area contributed by atoms with Gasteiger partial charge in [-0.05, 0) is 37.8 Å². The lowest BCUT2D eigenvalue weighted by atomic mass is 9.79. The topological polar surface area (TPSA) is 78.3 Å². The van der Waals surface area contributed by atoms with Gasteiger partial charge in [0.25, 0.3) is 0 Å². The monoisotopic (exact) mass is 264 g/mol. The molecule has 4 N–H and O–H groups in total. The predicted molar refractivity (Wildman–Crippen MR) is 77.6 cm³/mol. The Labute approximate surface area is 115 Å². The number of hydrogen-bond acceptors (Lipinski definition) is 4. The SMILES string of the molecule is CCOC(=O)C(CC)(CN)CCc1ccccc1N. The molecule has 4 heteroatoms. The Balaban J connectivity index is 2.79. The first-order valence-electron chi connectivity index (χ1n) is 6.80. The molecule has 0 aliphatic rings. The maximum Gasteiger partial charge on any atom is 0.313 e. The highest BCUT2D eigenvalue weighted by Gasteiger charge is 2.36. The highest BCUT2D eigenvalue weighted by atomic mass is 16.5. The van der Waals surface area contributed by atoms with Gasteiger partial charge in [-0.1, -0.05) is 25.1 Å². The van der Waals surface area contributed by atoms with Crippen molar-refractivity contribution in [2.24, 2.45) is 11.1 Å². The zero-order valence-electron chi connectivity index (χ0n) is 11.8. The molecule has 1 aromatic carbocycles. The molecule has 0 fully saturated rings. The van der Waals surface area contributed by atoms with Crippen molar-refractivity contribution in [1.29, 1.82) is 0 Å². The summed E-state index contributed by atoms with van der Waals surface area (Å²) in [6.07, 6.45) is 2.07. The van der Waals surface area contributed by atoms with Crippen molar-refractivity contribution in [2.75, 3.05) is 18.9 Å². The van der Waals surface area contributed by atoms with E-state index in [1.807, 2.05) is 38.1 Å². The summed E-state index contributed by atoms with van der Waals surface area (Å²) >= 11 is 0. The van der Waals surface area contributed by atoms with Crippen LogP contribution >= 0.6 is 0 Å². The first kappa shape index (κ1) is 15.5. The van der Waals surface area contributed by atoms with Crippen LogP contribution in [0.5, 0.6) is 0 Å². The van der Waals surface area contributed by atoms with Crippen molar-refractivity contribution in [3.8, 4) is 0 Å². The van der Waals surface area contributed by atoms with Gasteiger partial charge in [-0.25, -0.2) is 0 Å². The van der Waals surface area contributed by atoms with Gasteiger partial charge in [-0.3, -0.25) is 4.79 Å². The average Bonchev–Trinajstić information content (AvgIpc) is 2.42. The molecular formula is C15H24N2O2. The van der Waals surface area contributed by atoms with E-state index < -0.39 is 5.41 Å². The van der Waals surface area contributed by atoms with Crippen molar-refractivity contribution in [3.05, 3.63) is 29.8 Å². The van der Waals surface area contributed by atoms with Crippen molar-refractivity contribution in [1.82, 2.24) is 0 Å². The van der Waals surface area contributed by atoms with Crippen LogP contribution in [0.1, 0.15) is 32.3 Å². The third-order valence-electron chi connectivity index (χ3n) is 3.70. The zero-order chi connectivity index (χ0) is 14.3. The van der Waals surface area contributed by atoms with Crippen LogP contribution in [0, 0.1) is 5.41 Å². The lowest BCUT2D eigenvalue weighted by molar-refractivity contribution is -0.155. The fourth-order valence-corrected chi connectivity index (χ4v) is 2.17. The molecule has 106 valence electrons. The number of aryl methyl sites for hydroxylation is 1. The first-order valence-corrected chi connectivity index (χ1v) is 6.80. The van der Waals surface area contributed by atoms with Crippen LogP contribution in [-0.4, -0.2) is 19.1 Å². The quantitative estimate of drug-likeness (QED) is 0.584. The van der Waals surface area contributed by atoms with Gasteiger partial charge < -0.3 is 16.2 Å². The van der Waals surface area contributed by atoms with E-state index in [-0.39, 0.29) is 5.97 Å². The molecule has 1 aromatic rings. The summed E-state index contributed by atoms with van der Waals surface area (Å²) < 4.78 is 5.16. The Hall–Kier alpha value is -1.55. The third kappa shape index (κ3) is 3.70. The predicted octanol–water partition coefficient (Wildman–Crippen LogP) is 2.12. The number of nitrogens with two attached hydrogens (primary N) is 2. The van der Waals surface area contributed by atoms with E-state index in [9.17, 15) is 4.79 Å². The molecule has 0 aliphatic heterocycles. The molecule has 0 saturated heterocycles. The minimum absolute atomic E-state index is 0.200. The number of hydrogen-bond donors (Lipinski definition) is 2. The van der Waals surface area contributed by atoms with Crippen LogP contribution in [0.3, 0.4) is 0 Å². The molecule has 4 nitrogen and oxygen atoms in total. The van der Waals surface area contributed by atoms with E-state index in [0.29, 0.717) is 26.0 Å². The highest BCUT2D eigenvalue weighted by molar-refractivity contribution is 5.77. The second-order valence-corrected chi connectivity index (χ2v) is 4.76. The molecule has 0 heterocycles. The summed E-state index contributed by atoms with van der Waals surface area (Å²) in [7, 11) is 0. The lowest BCUT2D eigenvalue weighted by Gasteiger charge is -2.29. The van der Waals surface area contributed by atoms with Gasteiger partial charge >= 0.3 is 5.97 Å².